The molecular formula is C21H21FN2O2. The molecule has 1 amide bonds. The van der Waals surface area contributed by atoms with Crippen LogP contribution in [0.25, 0.3) is 0 Å². The van der Waals surface area contributed by atoms with Crippen molar-refractivity contribution in [2.75, 3.05) is 0 Å². The van der Waals surface area contributed by atoms with E-state index < -0.39 is 18.2 Å². The summed E-state index contributed by atoms with van der Waals surface area (Å²) in [5.41, 5.74) is 2.16. The lowest BCUT2D eigenvalue weighted by Crippen LogP contribution is -2.19. The van der Waals surface area contributed by atoms with Crippen LogP contribution in [-0.4, -0.2) is 11.1 Å². The van der Waals surface area contributed by atoms with E-state index in [2.05, 4.69) is 36.0 Å². The highest BCUT2D eigenvalue weighted by atomic mass is 19.1. The number of rotatable bonds is 4. The van der Waals surface area contributed by atoms with Crippen molar-refractivity contribution in [2.45, 2.75) is 38.8 Å². The molecule has 2 aromatic rings. The Morgan fingerprint density at radius 1 is 1.27 bits per heavy atom. The predicted octanol–water partition coefficient (Wildman–Crippen LogP) is 4.53. The Labute approximate surface area is 152 Å². The summed E-state index contributed by atoms with van der Waals surface area (Å²) in [6.45, 7) is 4.33. The molecule has 134 valence electrons. The Balaban J connectivity index is 1.82. The van der Waals surface area contributed by atoms with Gasteiger partial charge in [0.15, 0.2) is 6.10 Å². The van der Waals surface area contributed by atoms with E-state index in [-0.39, 0.29) is 5.82 Å². The van der Waals surface area contributed by atoms with Crippen molar-refractivity contribution in [1.82, 2.24) is 10.3 Å². The van der Waals surface area contributed by atoms with E-state index in [9.17, 15) is 9.18 Å². The van der Waals surface area contributed by atoms with Crippen molar-refractivity contribution in [3.8, 4) is 11.8 Å². The Morgan fingerprint density at radius 3 is 2.88 bits per heavy atom. The zero-order valence-electron chi connectivity index (χ0n) is 14.8. The molecule has 1 N–H and O–H groups in total. The van der Waals surface area contributed by atoms with Crippen LogP contribution in [0.15, 0.2) is 42.7 Å². The second kappa shape index (κ2) is 8.01. The molecule has 4 nitrogen and oxygen atoms in total. The van der Waals surface area contributed by atoms with E-state index in [4.69, 9.17) is 4.74 Å². The maximum atomic E-state index is 13.5. The minimum atomic E-state index is -0.607. The van der Waals surface area contributed by atoms with E-state index in [1.54, 1.807) is 24.5 Å². The number of nitrogens with one attached hydrogen (secondary N) is 1. The molecule has 1 aromatic heterocycles. The summed E-state index contributed by atoms with van der Waals surface area (Å²) in [7, 11) is 0. The van der Waals surface area contributed by atoms with Crippen LogP contribution in [0, 0.1) is 23.6 Å². The second-order valence-electron chi connectivity index (χ2n) is 6.74. The quantitative estimate of drug-likeness (QED) is 0.823. The van der Waals surface area contributed by atoms with Gasteiger partial charge in [-0.1, -0.05) is 37.8 Å². The summed E-state index contributed by atoms with van der Waals surface area (Å²) in [6.07, 6.45) is 4.11. The summed E-state index contributed by atoms with van der Waals surface area (Å²) in [4.78, 5) is 16.0. The average molecular weight is 352 g/mol. The molecule has 0 aliphatic carbocycles. The number of pyridine rings is 1. The monoisotopic (exact) mass is 352 g/mol. The SMILES string of the molecule is CC(C)CCC#Cc1cncc([C@H]2NC(=O)O[C@@H]2c2cccc(F)c2)c1. The summed E-state index contributed by atoms with van der Waals surface area (Å²) < 4.78 is 18.9. The summed E-state index contributed by atoms with van der Waals surface area (Å²) >= 11 is 0. The van der Waals surface area contributed by atoms with Gasteiger partial charge in [0.2, 0.25) is 0 Å². The zero-order chi connectivity index (χ0) is 18.5. The van der Waals surface area contributed by atoms with Gasteiger partial charge in [-0.05, 0) is 41.7 Å². The number of aromatic nitrogens is 1. The number of carbonyl (C=O) groups excluding carboxylic acids is 1. The third kappa shape index (κ3) is 4.40. The third-order valence-electron chi connectivity index (χ3n) is 4.19. The van der Waals surface area contributed by atoms with Crippen molar-refractivity contribution in [3.63, 3.8) is 0 Å². The van der Waals surface area contributed by atoms with Crippen LogP contribution in [0.4, 0.5) is 9.18 Å². The van der Waals surface area contributed by atoms with Crippen LogP contribution in [0.1, 0.15) is 55.5 Å². The van der Waals surface area contributed by atoms with Gasteiger partial charge in [-0.2, -0.15) is 0 Å². The Hall–Kier alpha value is -2.87. The lowest BCUT2D eigenvalue weighted by molar-refractivity contribution is 0.132. The fraction of sp³-hybridized carbons (Fsp3) is 0.333. The lowest BCUT2D eigenvalue weighted by Gasteiger charge is -2.17. The summed E-state index contributed by atoms with van der Waals surface area (Å²) in [5, 5.41) is 2.78. The zero-order valence-corrected chi connectivity index (χ0v) is 14.8. The topological polar surface area (TPSA) is 51.2 Å². The fourth-order valence-electron chi connectivity index (χ4n) is 2.84. The first-order chi connectivity index (χ1) is 12.5. The van der Waals surface area contributed by atoms with Gasteiger partial charge in [0.25, 0.3) is 0 Å². The van der Waals surface area contributed by atoms with Gasteiger partial charge in [0.1, 0.15) is 11.9 Å². The molecule has 1 aromatic carbocycles. The minimum absolute atomic E-state index is 0.368. The summed E-state index contributed by atoms with van der Waals surface area (Å²) in [6, 6.07) is 7.53. The summed E-state index contributed by atoms with van der Waals surface area (Å²) in [5.74, 6) is 6.51. The highest BCUT2D eigenvalue weighted by Crippen LogP contribution is 2.36. The van der Waals surface area contributed by atoms with E-state index >= 15 is 0 Å². The number of alkyl carbamates (subject to hydrolysis) is 1. The number of nitrogens with zero attached hydrogens (tertiary/aromatic N) is 1. The van der Waals surface area contributed by atoms with Crippen molar-refractivity contribution in [2.24, 2.45) is 5.92 Å². The van der Waals surface area contributed by atoms with Crippen LogP contribution in [0.2, 0.25) is 0 Å². The number of carbonyl (C=O) groups is 1. The molecule has 5 heteroatoms. The number of ether oxygens (including phenoxy) is 1. The largest absolute Gasteiger partial charge is 0.439 e. The Morgan fingerprint density at radius 2 is 2.12 bits per heavy atom. The normalized spacial score (nSPS) is 18.8. The lowest BCUT2D eigenvalue weighted by atomic mass is 9.97. The standard InChI is InChI=1S/C21H21FN2O2/c1-14(2)6-3-4-7-15-10-17(13-23-12-15)19-20(26-21(25)24-19)16-8-5-9-18(22)11-16/h5,8-14,19-20H,3,6H2,1-2H3,(H,24,25)/t19-,20-/m1/s1. The highest BCUT2D eigenvalue weighted by molar-refractivity contribution is 5.71. The van der Waals surface area contributed by atoms with Gasteiger partial charge < -0.3 is 10.1 Å². The maximum absolute atomic E-state index is 13.5. The first kappa shape index (κ1) is 17.9. The van der Waals surface area contributed by atoms with Crippen LogP contribution in [0.5, 0.6) is 0 Å². The van der Waals surface area contributed by atoms with Gasteiger partial charge in [-0.25, -0.2) is 9.18 Å². The molecule has 1 saturated heterocycles. The molecule has 3 rings (SSSR count). The maximum Gasteiger partial charge on any atom is 0.408 e. The highest BCUT2D eigenvalue weighted by Gasteiger charge is 2.36. The van der Waals surface area contributed by atoms with Gasteiger partial charge in [-0.15, -0.1) is 0 Å². The van der Waals surface area contributed by atoms with Crippen LogP contribution >= 0.6 is 0 Å². The van der Waals surface area contributed by atoms with Crippen molar-refractivity contribution >= 4 is 6.09 Å². The van der Waals surface area contributed by atoms with Crippen LogP contribution in [0.3, 0.4) is 0 Å². The number of cyclic esters (lactones) is 1. The second-order valence-corrected chi connectivity index (χ2v) is 6.74. The number of hydrogen-bond donors (Lipinski definition) is 1. The van der Waals surface area contributed by atoms with E-state index in [0.717, 1.165) is 24.0 Å². The smallest absolute Gasteiger partial charge is 0.408 e. The van der Waals surface area contributed by atoms with E-state index in [1.165, 1.54) is 12.1 Å². The number of benzene rings is 1. The predicted molar refractivity (Wildman–Crippen MR) is 96.7 cm³/mol. The van der Waals surface area contributed by atoms with Crippen LogP contribution in [-0.2, 0) is 4.74 Å². The molecule has 0 unspecified atom stereocenters. The molecule has 0 saturated carbocycles. The molecule has 1 fully saturated rings. The van der Waals surface area contributed by atoms with Crippen molar-refractivity contribution in [3.05, 3.63) is 65.2 Å². The number of halogens is 1. The Kier molecular flexibility index (Phi) is 5.52. The molecule has 0 radical (unpaired) electrons. The van der Waals surface area contributed by atoms with E-state index in [0.29, 0.717) is 11.5 Å². The number of amides is 1. The van der Waals surface area contributed by atoms with E-state index in [1.807, 2.05) is 6.07 Å². The van der Waals surface area contributed by atoms with Crippen molar-refractivity contribution < 1.29 is 13.9 Å². The van der Waals surface area contributed by atoms with Gasteiger partial charge in [-0.3, -0.25) is 4.98 Å². The molecule has 2 atom stereocenters. The third-order valence-corrected chi connectivity index (χ3v) is 4.19. The first-order valence-electron chi connectivity index (χ1n) is 8.69. The van der Waals surface area contributed by atoms with Crippen LogP contribution < -0.4 is 5.32 Å². The van der Waals surface area contributed by atoms with Crippen molar-refractivity contribution in [1.29, 1.82) is 0 Å². The molecule has 1 aliphatic rings. The average Bonchev–Trinajstić information content (AvgIpc) is 3.01. The fourth-order valence-corrected chi connectivity index (χ4v) is 2.84. The van der Waals surface area contributed by atoms with Gasteiger partial charge in [0.05, 0.1) is 0 Å². The number of hydrogen-bond acceptors (Lipinski definition) is 3. The molecule has 26 heavy (non-hydrogen) atoms. The molecule has 2 heterocycles. The van der Waals surface area contributed by atoms with Gasteiger partial charge >= 0.3 is 6.09 Å². The Bertz CT molecular complexity index is 854. The van der Waals surface area contributed by atoms with Gasteiger partial charge in [0, 0.05) is 24.4 Å². The minimum Gasteiger partial charge on any atom is -0.439 e. The molecule has 0 spiro atoms. The first-order valence-corrected chi connectivity index (χ1v) is 8.69. The molecule has 0 bridgehead atoms. The molecular weight excluding hydrogens is 331 g/mol. The molecule has 1 aliphatic heterocycles.